The molecule has 6 heteroatoms. The highest BCUT2D eigenvalue weighted by atomic mass is 19.1. The van der Waals surface area contributed by atoms with Gasteiger partial charge >= 0.3 is 0 Å². The molecular formula is C20H21FN4O. The fourth-order valence-corrected chi connectivity index (χ4v) is 3.30. The van der Waals surface area contributed by atoms with Crippen molar-refractivity contribution in [2.24, 2.45) is 0 Å². The zero-order valence-electron chi connectivity index (χ0n) is 14.6. The Labute approximate surface area is 151 Å². The fraction of sp³-hybridized carbons (Fsp3) is 0.250. The summed E-state index contributed by atoms with van der Waals surface area (Å²) in [5.41, 5.74) is 3.05. The Bertz CT molecular complexity index is 927. The van der Waals surface area contributed by atoms with Gasteiger partial charge in [-0.3, -0.25) is 4.79 Å². The van der Waals surface area contributed by atoms with Gasteiger partial charge in [-0.15, -0.1) is 0 Å². The maximum Gasteiger partial charge on any atom is 0.257 e. The van der Waals surface area contributed by atoms with E-state index in [2.05, 4.69) is 27.1 Å². The normalized spacial score (nSPS) is 15.4. The van der Waals surface area contributed by atoms with Gasteiger partial charge in [0.25, 0.3) is 5.91 Å². The number of piperazine rings is 1. The number of rotatable bonds is 3. The number of halogens is 1. The number of amides is 1. The van der Waals surface area contributed by atoms with E-state index < -0.39 is 0 Å². The Morgan fingerprint density at radius 1 is 1.08 bits per heavy atom. The second-order valence-corrected chi connectivity index (χ2v) is 6.68. The van der Waals surface area contributed by atoms with E-state index in [1.165, 1.54) is 12.1 Å². The second-order valence-electron chi connectivity index (χ2n) is 6.68. The molecule has 2 N–H and O–H groups in total. The minimum Gasteiger partial charge on any atom is -0.369 e. The van der Waals surface area contributed by atoms with Crippen LogP contribution in [0.3, 0.4) is 0 Å². The predicted octanol–water partition coefficient (Wildman–Crippen LogP) is 3.31. The Morgan fingerprint density at radius 3 is 2.54 bits per heavy atom. The molecule has 0 aliphatic carbocycles. The Morgan fingerprint density at radius 2 is 1.81 bits per heavy atom. The van der Waals surface area contributed by atoms with Crippen molar-refractivity contribution in [1.82, 2.24) is 9.88 Å². The molecular weight excluding hydrogens is 331 g/mol. The molecule has 1 aliphatic rings. The molecule has 2 heterocycles. The second kappa shape index (κ2) is 6.80. The zero-order chi connectivity index (χ0) is 18.1. The van der Waals surface area contributed by atoms with Gasteiger partial charge in [0.1, 0.15) is 5.82 Å². The van der Waals surface area contributed by atoms with E-state index in [-0.39, 0.29) is 11.7 Å². The number of nitrogens with zero attached hydrogens (tertiary/aromatic N) is 2. The summed E-state index contributed by atoms with van der Waals surface area (Å²) in [4.78, 5) is 20.2. The number of hydrogen-bond acceptors (Lipinski definition) is 3. The predicted molar refractivity (Wildman–Crippen MR) is 102 cm³/mol. The van der Waals surface area contributed by atoms with Crippen molar-refractivity contribution in [2.75, 3.05) is 43.4 Å². The van der Waals surface area contributed by atoms with Crippen LogP contribution in [0.2, 0.25) is 0 Å². The third-order valence-electron chi connectivity index (χ3n) is 4.88. The van der Waals surface area contributed by atoms with Crippen molar-refractivity contribution in [2.45, 2.75) is 0 Å². The standard InChI is InChI=1S/C20H21FN4O/c1-24-8-10-25(11-9-24)16-5-3-15(4-6-16)23-20(26)18-13-22-19-7-2-14(21)12-17(18)19/h2-7,12-13,22H,8-11H2,1H3,(H,23,26). The lowest BCUT2D eigenvalue weighted by atomic mass is 10.1. The number of carbonyl (C=O) groups is 1. The molecule has 5 nitrogen and oxygen atoms in total. The minimum atomic E-state index is -0.359. The Hall–Kier alpha value is -2.86. The Kier molecular flexibility index (Phi) is 4.34. The van der Waals surface area contributed by atoms with E-state index in [1.807, 2.05) is 24.3 Å². The van der Waals surface area contributed by atoms with Crippen LogP contribution >= 0.6 is 0 Å². The van der Waals surface area contributed by atoms with Gasteiger partial charge in [0.05, 0.1) is 5.56 Å². The summed E-state index contributed by atoms with van der Waals surface area (Å²) in [6.45, 7) is 4.11. The van der Waals surface area contributed by atoms with E-state index in [4.69, 9.17) is 0 Å². The average Bonchev–Trinajstić information content (AvgIpc) is 3.06. The molecule has 26 heavy (non-hydrogen) atoms. The van der Waals surface area contributed by atoms with Crippen LogP contribution in [0.15, 0.2) is 48.7 Å². The van der Waals surface area contributed by atoms with Crippen LogP contribution in [0.1, 0.15) is 10.4 Å². The highest BCUT2D eigenvalue weighted by Crippen LogP contribution is 2.22. The Balaban J connectivity index is 1.48. The first-order valence-corrected chi connectivity index (χ1v) is 8.72. The molecule has 1 fully saturated rings. The molecule has 2 aromatic carbocycles. The first-order valence-electron chi connectivity index (χ1n) is 8.72. The maximum absolute atomic E-state index is 13.5. The van der Waals surface area contributed by atoms with Gasteiger partial charge in [0.15, 0.2) is 0 Å². The summed E-state index contributed by atoms with van der Waals surface area (Å²) in [6.07, 6.45) is 1.61. The number of H-pyrrole nitrogens is 1. The highest BCUT2D eigenvalue weighted by molar-refractivity contribution is 6.12. The molecule has 1 aromatic heterocycles. The maximum atomic E-state index is 13.5. The van der Waals surface area contributed by atoms with Crippen LogP contribution in [-0.2, 0) is 0 Å². The summed E-state index contributed by atoms with van der Waals surface area (Å²) in [7, 11) is 2.13. The van der Waals surface area contributed by atoms with Crippen LogP contribution < -0.4 is 10.2 Å². The lowest BCUT2D eigenvalue weighted by Gasteiger charge is -2.34. The van der Waals surface area contributed by atoms with Crippen LogP contribution in [0, 0.1) is 5.82 Å². The molecule has 134 valence electrons. The number of aromatic nitrogens is 1. The van der Waals surface area contributed by atoms with E-state index in [1.54, 1.807) is 12.3 Å². The van der Waals surface area contributed by atoms with Gasteiger partial charge in [-0.25, -0.2) is 4.39 Å². The molecule has 0 saturated carbocycles. The third kappa shape index (κ3) is 3.28. The summed E-state index contributed by atoms with van der Waals surface area (Å²) in [5, 5.41) is 3.47. The van der Waals surface area contributed by atoms with E-state index in [9.17, 15) is 9.18 Å². The lowest BCUT2D eigenvalue weighted by Crippen LogP contribution is -2.44. The molecule has 0 bridgehead atoms. The van der Waals surface area contributed by atoms with Crippen molar-refractivity contribution >= 4 is 28.2 Å². The van der Waals surface area contributed by atoms with Crippen LogP contribution in [0.25, 0.3) is 10.9 Å². The summed E-state index contributed by atoms with van der Waals surface area (Å²) in [6, 6.07) is 12.2. The molecule has 1 aliphatic heterocycles. The summed E-state index contributed by atoms with van der Waals surface area (Å²) >= 11 is 0. The number of likely N-dealkylation sites (N-methyl/N-ethyl adjacent to an activating group) is 1. The van der Waals surface area contributed by atoms with Crippen LogP contribution in [-0.4, -0.2) is 49.0 Å². The average molecular weight is 352 g/mol. The van der Waals surface area contributed by atoms with E-state index >= 15 is 0 Å². The van der Waals surface area contributed by atoms with Gasteiger partial charge in [0.2, 0.25) is 0 Å². The summed E-state index contributed by atoms with van der Waals surface area (Å²) in [5.74, 6) is -0.614. The SMILES string of the molecule is CN1CCN(c2ccc(NC(=O)c3c[nH]c4ccc(F)cc34)cc2)CC1. The van der Waals surface area contributed by atoms with Crippen molar-refractivity contribution in [3.05, 3.63) is 60.0 Å². The number of carbonyl (C=O) groups excluding carboxylic acids is 1. The van der Waals surface area contributed by atoms with Gasteiger partial charge in [-0.05, 0) is 49.5 Å². The first kappa shape index (κ1) is 16.6. The molecule has 0 spiro atoms. The molecule has 4 rings (SSSR count). The molecule has 1 amide bonds. The minimum absolute atomic E-state index is 0.255. The van der Waals surface area contributed by atoms with Crippen molar-refractivity contribution in [3.8, 4) is 0 Å². The number of anilines is 2. The molecule has 0 unspecified atom stereocenters. The van der Waals surface area contributed by atoms with Gasteiger partial charge in [-0.2, -0.15) is 0 Å². The summed E-state index contributed by atoms with van der Waals surface area (Å²) < 4.78 is 13.5. The fourth-order valence-electron chi connectivity index (χ4n) is 3.30. The van der Waals surface area contributed by atoms with Gasteiger partial charge in [-0.1, -0.05) is 0 Å². The first-order chi connectivity index (χ1) is 12.6. The number of nitrogens with one attached hydrogen (secondary N) is 2. The largest absolute Gasteiger partial charge is 0.369 e. The molecule has 1 saturated heterocycles. The zero-order valence-corrected chi connectivity index (χ0v) is 14.6. The molecule has 0 radical (unpaired) electrons. The topological polar surface area (TPSA) is 51.4 Å². The number of aromatic amines is 1. The lowest BCUT2D eigenvalue weighted by molar-refractivity contribution is 0.102. The van der Waals surface area contributed by atoms with Gasteiger partial charge < -0.3 is 20.1 Å². The van der Waals surface area contributed by atoms with Crippen LogP contribution in [0.5, 0.6) is 0 Å². The van der Waals surface area contributed by atoms with Crippen molar-refractivity contribution in [1.29, 1.82) is 0 Å². The van der Waals surface area contributed by atoms with Crippen LogP contribution in [0.4, 0.5) is 15.8 Å². The van der Waals surface area contributed by atoms with Crippen molar-refractivity contribution in [3.63, 3.8) is 0 Å². The van der Waals surface area contributed by atoms with Gasteiger partial charge in [0, 0.05) is 54.7 Å². The smallest absolute Gasteiger partial charge is 0.257 e. The monoisotopic (exact) mass is 352 g/mol. The quantitative estimate of drug-likeness (QED) is 0.760. The number of hydrogen-bond donors (Lipinski definition) is 2. The van der Waals surface area contributed by atoms with E-state index in [0.29, 0.717) is 10.9 Å². The highest BCUT2D eigenvalue weighted by Gasteiger charge is 2.15. The molecule has 0 atom stereocenters. The van der Waals surface area contributed by atoms with E-state index in [0.717, 1.165) is 43.1 Å². The third-order valence-corrected chi connectivity index (χ3v) is 4.88. The number of fused-ring (bicyclic) bond motifs is 1. The van der Waals surface area contributed by atoms with Crippen molar-refractivity contribution < 1.29 is 9.18 Å². The molecule has 3 aromatic rings. The number of benzene rings is 2.